The highest BCUT2D eigenvalue weighted by atomic mass is 35.5. The third-order valence-corrected chi connectivity index (χ3v) is 5.89. The molecular weight excluding hydrogens is 385 g/mol. The number of ether oxygens (including phenoxy) is 1. The summed E-state index contributed by atoms with van der Waals surface area (Å²) in [5.74, 6) is 2.59. The van der Waals surface area contributed by atoms with E-state index in [1.807, 2.05) is 17.0 Å². The largest absolute Gasteiger partial charge is 0.483 e. The number of fused-ring (bicyclic) bond motifs is 1. The highest BCUT2D eigenvalue weighted by molar-refractivity contribution is 5.85. The lowest BCUT2D eigenvalue weighted by Gasteiger charge is -2.27. The molecule has 1 amide bonds. The second-order valence-electron chi connectivity index (χ2n) is 7.71. The number of likely N-dealkylation sites (tertiary alicyclic amines) is 2. The lowest BCUT2D eigenvalue weighted by atomic mass is 10.0. The lowest BCUT2D eigenvalue weighted by molar-refractivity contribution is -0.134. The minimum absolute atomic E-state index is 0. The maximum Gasteiger partial charge on any atom is 0.260 e. The molecule has 0 bridgehead atoms. The highest BCUT2D eigenvalue weighted by Crippen LogP contribution is 2.29. The van der Waals surface area contributed by atoms with Crippen LogP contribution in [0.4, 0.5) is 0 Å². The van der Waals surface area contributed by atoms with Crippen molar-refractivity contribution in [2.24, 2.45) is 11.8 Å². The molecule has 27 heavy (non-hydrogen) atoms. The van der Waals surface area contributed by atoms with Gasteiger partial charge in [0.2, 0.25) is 0 Å². The molecule has 0 aliphatic carbocycles. The number of halogens is 2. The van der Waals surface area contributed by atoms with E-state index in [1.165, 1.54) is 25.1 Å². The Morgan fingerprint density at radius 3 is 2.41 bits per heavy atom. The van der Waals surface area contributed by atoms with Crippen molar-refractivity contribution >= 4 is 30.7 Å². The van der Waals surface area contributed by atoms with Crippen LogP contribution in [0.5, 0.6) is 5.75 Å². The van der Waals surface area contributed by atoms with E-state index >= 15 is 0 Å². The van der Waals surface area contributed by atoms with Crippen LogP contribution in [0.15, 0.2) is 24.3 Å². The summed E-state index contributed by atoms with van der Waals surface area (Å²) in [6.07, 6.45) is 3.48. The normalized spacial score (nSPS) is 24.7. The van der Waals surface area contributed by atoms with Gasteiger partial charge in [-0.2, -0.15) is 0 Å². The van der Waals surface area contributed by atoms with E-state index in [-0.39, 0.29) is 37.3 Å². The molecule has 5 nitrogen and oxygen atoms in total. The van der Waals surface area contributed by atoms with Crippen LogP contribution in [-0.4, -0.2) is 61.6 Å². The summed E-state index contributed by atoms with van der Waals surface area (Å²) < 4.78 is 5.93. The Hall–Kier alpha value is -1.01. The van der Waals surface area contributed by atoms with Crippen LogP contribution in [0.2, 0.25) is 0 Å². The molecule has 3 aliphatic heterocycles. The molecule has 3 heterocycles. The molecule has 0 saturated carbocycles. The lowest BCUT2D eigenvalue weighted by Crippen LogP contribution is -2.38. The third kappa shape index (κ3) is 5.50. The number of amides is 1. The summed E-state index contributed by atoms with van der Waals surface area (Å²) in [4.78, 5) is 16.8. The van der Waals surface area contributed by atoms with E-state index in [9.17, 15) is 4.79 Å². The molecule has 0 unspecified atom stereocenters. The molecule has 7 heteroatoms. The molecule has 1 aromatic rings. The van der Waals surface area contributed by atoms with Crippen molar-refractivity contribution in [3.63, 3.8) is 0 Å². The van der Waals surface area contributed by atoms with E-state index in [1.54, 1.807) is 0 Å². The van der Waals surface area contributed by atoms with Crippen LogP contribution >= 0.6 is 24.8 Å². The summed E-state index contributed by atoms with van der Waals surface area (Å²) in [5, 5.41) is 3.49. The van der Waals surface area contributed by atoms with E-state index in [0.717, 1.165) is 63.2 Å². The summed E-state index contributed by atoms with van der Waals surface area (Å²) >= 11 is 0. The van der Waals surface area contributed by atoms with Crippen molar-refractivity contribution in [3.05, 3.63) is 29.8 Å². The van der Waals surface area contributed by atoms with Gasteiger partial charge in [0.1, 0.15) is 5.75 Å². The first-order chi connectivity index (χ1) is 12.3. The van der Waals surface area contributed by atoms with Crippen LogP contribution in [0.25, 0.3) is 0 Å². The van der Waals surface area contributed by atoms with Gasteiger partial charge in [-0.1, -0.05) is 18.2 Å². The Labute approximate surface area is 174 Å². The van der Waals surface area contributed by atoms with Gasteiger partial charge in [-0.15, -0.1) is 24.8 Å². The number of nitrogens with zero attached hydrogens (tertiary/aromatic N) is 2. The van der Waals surface area contributed by atoms with Gasteiger partial charge in [-0.25, -0.2) is 0 Å². The zero-order chi connectivity index (χ0) is 17.1. The van der Waals surface area contributed by atoms with E-state index < -0.39 is 0 Å². The Kier molecular flexibility index (Phi) is 8.67. The third-order valence-electron chi connectivity index (χ3n) is 5.89. The number of hydrogen-bond acceptors (Lipinski definition) is 4. The van der Waals surface area contributed by atoms with Crippen LogP contribution in [0.1, 0.15) is 24.8 Å². The second-order valence-corrected chi connectivity index (χ2v) is 7.71. The molecule has 3 fully saturated rings. The fraction of sp³-hybridized carbons (Fsp3) is 0.650. The van der Waals surface area contributed by atoms with Gasteiger partial charge in [-0.05, 0) is 50.3 Å². The van der Waals surface area contributed by atoms with Gasteiger partial charge >= 0.3 is 0 Å². The van der Waals surface area contributed by atoms with Crippen LogP contribution in [-0.2, 0) is 11.3 Å². The average Bonchev–Trinajstić information content (AvgIpc) is 3.23. The van der Waals surface area contributed by atoms with Gasteiger partial charge in [0.05, 0.1) is 0 Å². The molecule has 1 aromatic carbocycles. The van der Waals surface area contributed by atoms with Crippen molar-refractivity contribution in [2.75, 3.05) is 45.9 Å². The average molecular weight is 416 g/mol. The van der Waals surface area contributed by atoms with Gasteiger partial charge in [0.15, 0.2) is 6.61 Å². The van der Waals surface area contributed by atoms with E-state index in [0.29, 0.717) is 0 Å². The highest BCUT2D eigenvalue weighted by Gasteiger charge is 2.36. The number of rotatable bonds is 5. The zero-order valence-corrected chi connectivity index (χ0v) is 17.4. The van der Waals surface area contributed by atoms with Crippen LogP contribution < -0.4 is 10.1 Å². The zero-order valence-electron chi connectivity index (χ0n) is 15.8. The maximum atomic E-state index is 12.3. The van der Waals surface area contributed by atoms with Crippen LogP contribution in [0.3, 0.4) is 0 Å². The molecule has 3 aliphatic rings. The van der Waals surface area contributed by atoms with E-state index in [4.69, 9.17) is 4.74 Å². The number of carbonyl (C=O) groups is 1. The number of nitrogens with one attached hydrogen (secondary N) is 1. The molecule has 0 aromatic heterocycles. The smallest absolute Gasteiger partial charge is 0.260 e. The molecule has 3 saturated heterocycles. The summed E-state index contributed by atoms with van der Waals surface area (Å²) in [6.45, 7) is 7.49. The van der Waals surface area contributed by atoms with Crippen molar-refractivity contribution in [1.29, 1.82) is 0 Å². The fourth-order valence-electron chi connectivity index (χ4n) is 4.47. The Morgan fingerprint density at radius 1 is 1.04 bits per heavy atom. The Bertz CT molecular complexity index is 599. The van der Waals surface area contributed by atoms with Crippen molar-refractivity contribution in [3.8, 4) is 5.75 Å². The minimum atomic E-state index is 0. The first-order valence-corrected chi connectivity index (χ1v) is 9.71. The number of para-hydroxylation sites is 1. The Balaban J connectivity index is 0.00000131. The predicted molar refractivity (Wildman–Crippen MR) is 112 cm³/mol. The van der Waals surface area contributed by atoms with Crippen molar-refractivity contribution in [1.82, 2.24) is 15.1 Å². The van der Waals surface area contributed by atoms with E-state index in [2.05, 4.69) is 22.3 Å². The number of carbonyl (C=O) groups excluding carboxylic acids is 1. The molecule has 0 radical (unpaired) electrons. The summed E-state index contributed by atoms with van der Waals surface area (Å²) in [6, 6.07) is 8.18. The Morgan fingerprint density at radius 2 is 1.70 bits per heavy atom. The first kappa shape index (κ1) is 22.3. The topological polar surface area (TPSA) is 44.8 Å². The van der Waals surface area contributed by atoms with Crippen LogP contribution in [0, 0.1) is 11.8 Å². The molecule has 2 atom stereocenters. The predicted octanol–water partition coefficient (Wildman–Crippen LogP) is 2.57. The van der Waals surface area contributed by atoms with Crippen molar-refractivity contribution < 1.29 is 9.53 Å². The molecule has 1 N–H and O–H groups in total. The minimum Gasteiger partial charge on any atom is -0.483 e. The number of hydrogen-bond donors (Lipinski definition) is 1. The molecule has 152 valence electrons. The fourth-order valence-corrected chi connectivity index (χ4v) is 4.47. The van der Waals surface area contributed by atoms with Crippen molar-refractivity contribution in [2.45, 2.75) is 25.8 Å². The first-order valence-electron chi connectivity index (χ1n) is 9.71. The maximum absolute atomic E-state index is 12.3. The molecular formula is C20H31Cl2N3O2. The number of benzene rings is 1. The summed E-state index contributed by atoms with van der Waals surface area (Å²) in [5.41, 5.74) is 1.20. The monoisotopic (exact) mass is 415 g/mol. The quantitative estimate of drug-likeness (QED) is 0.802. The summed E-state index contributed by atoms with van der Waals surface area (Å²) in [7, 11) is 0. The van der Waals surface area contributed by atoms with Gasteiger partial charge in [0, 0.05) is 38.3 Å². The second kappa shape index (κ2) is 10.5. The SMILES string of the molecule is Cl.Cl.O=C(COc1ccccc1CN1C[C@H]2CNC[C@H]2C1)N1CCCCC1. The standard InChI is InChI=1S/C20H29N3O2.2ClH/c24-20(23-8-4-1-5-9-23)15-25-19-7-3-2-6-16(19)12-22-13-17-10-21-11-18(17)14-22;;/h2-3,6-7,17-18,21H,1,4-5,8-15H2;2*1H/t17-,18+;;. The molecule has 0 spiro atoms. The van der Waals surface area contributed by atoms with Gasteiger partial charge in [0.25, 0.3) is 5.91 Å². The molecule has 4 rings (SSSR count). The van der Waals surface area contributed by atoms with Gasteiger partial charge in [-0.3, -0.25) is 9.69 Å². The van der Waals surface area contributed by atoms with Gasteiger partial charge < -0.3 is 15.0 Å². The number of piperidine rings is 1.